The number of nitrogens with zero attached hydrogens (tertiary/aromatic N) is 2. The van der Waals surface area contributed by atoms with Crippen molar-refractivity contribution in [2.24, 2.45) is 7.05 Å². The van der Waals surface area contributed by atoms with E-state index in [-0.39, 0.29) is 17.7 Å². The van der Waals surface area contributed by atoms with Gasteiger partial charge in [-0.3, -0.25) is 14.5 Å². The molecule has 0 bridgehead atoms. The van der Waals surface area contributed by atoms with Crippen LogP contribution in [0.1, 0.15) is 22.5 Å². The molecule has 2 heterocycles. The Balaban J connectivity index is 1.65. The molecule has 3 aromatic rings. The molecule has 2 aromatic carbocycles. The fourth-order valence-corrected chi connectivity index (χ4v) is 4.24. The number of imide groups is 1. The lowest BCUT2D eigenvalue weighted by Gasteiger charge is -2.14. The highest BCUT2D eigenvalue weighted by molar-refractivity contribution is 8.18. The Morgan fingerprint density at radius 2 is 1.78 bits per heavy atom. The number of carbonyl (C=O) groups is 2. The monoisotopic (exact) mass is 376 g/mol. The van der Waals surface area contributed by atoms with Gasteiger partial charge in [0.05, 0.1) is 11.4 Å². The molecule has 4 nitrogen and oxygen atoms in total. The van der Waals surface area contributed by atoms with Gasteiger partial charge in [-0.15, -0.1) is 0 Å². The first-order valence-corrected chi connectivity index (χ1v) is 9.62. The Bertz CT molecular complexity index is 1110. The van der Waals surface area contributed by atoms with E-state index >= 15 is 0 Å². The van der Waals surface area contributed by atoms with Crippen molar-refractivity contribution in [2.75, 3.05) is 0 Å². The van der Waals surface area contributed by atoms with Crippen molar-refractivity contribution in [2.45, 2.75) is 20.4 Å². The molecule has 0 spiro atoms. The van der Waals surface area contributed by atoms with E-state index in [1.165, 1.54) is 4.90 Å². The average molecular weight is 376 g/mol. The molecule has 5 heteroatoms. The molecule has 1 aromatic heterocycles. The molecule has 0 atom stereocenters. The fourth-order valence-electron chi connectivity index (χ4n) is 3.41. The zero-order valence-corrected chi connectivity index (χ0v) is 16.3. The third-order valence-corrected chi connectivity index (χ3v) is 6.09. The molecule has 2 amide bonds. The molecule has 1 aliphatic rings. The Morgan fingerprint density at radius 3 is 2.52 bits per heavy atom. The minimum absolute atomic E-state index is 0.218. The predicted molar refractivity (Wildman–Crippen MR) is 110 cm³/mol. The second kappa shape index (κ2) is 6.74. The lowest BCUT2D eigenvalue weighted by atomic mass is 10.0. The lowest BCUT2D eigenvalue weighted by Crippen LogP contribution is -2.27. The Kier molecular flexibility index (Phi) is 4.40. The molecule has 0 unspecified atom stereocenters. The average Bonchev–Trinajstić information content (AvgIpc) is 3.06. The summed E-state index contributed by atoms with van der Waals surface area (Å²) in [7, 11) is 1.99. The third-order valence-electron chi connectivity index (χ3n) is 5.18. The second-order valence-electron chi connectivity index (χ2n) is 6.79. The van der Waals surface area contributed by atoms with Gasteiger partial charge in [0.15, 0.2) is 0 Å². The molecule has 136 valence electrons. The molecular formula is C22H20N2O2S. The van der Waals surface area contributed by atoms with Crippen LogP contribution >= 0.6 is 11.8 Å². The second-order valence-corrected chi connectivity index (χ2v) is 7.78. The van der Waals surface area contributed by atoms with Crippen LogP contribution in [0.5, 0.6) is 0 Å². The topological polar surface area (TPSA) is 42.3 Å². The van der Waals surface area contributed by atoms with Gasteiger partial charge in [-0.25, -0.2) is 0 Å². The van der Waals surface area contributed by atoms with Crippen molar-refractivity contribution in [1.29, 1.82) is 0 Å². The molecule has 27 heavy (non-hydrogen) atoms. The number of amides is 2. The maximum absolute atomic E-state index is 12.9. The van der Waals surface area contributed by atoms with Gasteiger partial charge in [-0.1, -0.05) is 42.5 Å². The molecule has 1 fully saturated rings. The standard InChI is InChI=1S/C22H20N2O2S/c1-14-11-18(15(2)23(14)3)12-20-21(25)24(22(26)27-20)13-17-9-6-8-16-7-4-5-10-19(16)17/h4-12H,13H2,1-3H3/b20-12-. The normalized spacial score (nSPS) is 16.1. The fraction of sp³-hybridized carbons (Fsp3) is 0.182. The maximum atomic E-state index is 12.9. The van der Waals surface area contributed by atoms with Crippen LogP contribution in [0.15, 0.2) is 53.4 Å². The molecule has 4 rings (SSSR count). The summed E-state index contributed by atoms with van der Waals surface area (Å²) >= 11 is 1.01. The maximum Gasteiger partial charge on any atom is 0.293 e. The van der Waals surface area contributed by atoms with Gasteiger partial charge in [0, 0.05) is 18.4 Å². The SMILES string of the molecule is Cc1cc(/C=C2\SC(=O)N(Cc3cccc4ccccc34)C2=O)c(C)n1C. The van der Waals surface area contributed by atoms with Crippen molar-refractivity contribution in [1.82, 2.24) is 9.47 Å². The number of thioether (sulfide) groups is 1. The van der Waals surface area contributed by atoms with Crippen molar-refractivity contribution in [3.8, 4) is 0 Å². The number of hydrogen-bond donors (Lipinski definition) is 0. The number of fused-ring (bicyclic) bond motifs is 1. The Morgan fingerprint density at radius 1 is 1.04 bits per heavy atom. The van der Waals surface area contributed by atoms with E-state index in [9.17, 15) is 9.59 Å². The van der Waals surface area contributed by atoms with Crippen molar-refractivity contribution in [3.05, 3.63) is 76.0 Å². The lowest BCUT2D eigenvalue weighted by molar-refractivity contribution is -0.123. The molecule has 1 aliphatic heterocycles. The first-order valence-electron chi connectivity index (χ1n) is 8.80. The van der Waals surface area contributed by atoms with Gasteiger partial charge < -0.3 is 4.57 Å². The molecule has 1 saturated heterocycles. The first kappa shape index (κ1) is 17.6. The van der Waals surface area contributed by atoms with Crippen LogP contribution in [0, 0.1) is 13.8 Å². The van der Waals surface area contributed by atoms with E-state index in [0.29, 0.717) is 4.91 Å². The van der Waals surface area contributed by atoms with Crippen LogP contribution in [0.4, 0.5) is 4.79 Å². The summed E-state index contributed by atoms with van der Waals surface area (Å²) in [5.74, 6) is -0.223. The number of rotatable bonds is 3. The van der Waals surface area contributed by atoms with Crippen LogP contribution < -0.4 is 0 Å². The van der Waals surface area contributed by atoms with Gasteiger partial charge in [-0.05, 0) is 59.7 Å². The molecule has 0 aliphatic carbocycles. The highest BCUT2D eigenvalue weighted by atomic mass is 32.2. The number of benzene rings is 2. The van der Waals surface area contributed by atoms with Crippen molar-refractivity contribution >= 4 is 39.8 Å². The van der Waals surface area contributed by atoms with Gasteiger partial charge in [-0.2, -0.15) is 0 Å². The molecule has 0 radical (unpaired) electrons. The summed E-state index contributed by atoms with van der Waals surface area (Å²) in [4.78, 5) is 27.2. The summed E-state index contributed by atoms with van der Waals surface area (Å²) in [5, 5.41) is 1.95. The number of carbonyl (C=O) groups excluding carboxylic acids is 2. The third kappa shape index (κ3) is 3.08. The van der Waals surface area contributed by atoms with E-state index < -0.39 is 0 Å². The largest absolute Gasteiger partial charge is 0.352 e. The number of aryl methyl sites for hydroxylation is 1. The van der Waals surface area contributed by atoms with Gasteiger partial charge in [0.25, 0.3) is 11.1 Å². The Labute approximate surface area is 162 Å². The minimum Gasteiger partial charge on any atom is -0.352 e. The zero-order valence-electron chi connectivity index (χ0n) is 15.5. The van der Waals surface area contributed by atoms with E-state index in [2.05, 4.69) is 4.57 Å². The summed E-state index contributed by atoms with van der Waals surface area (Å²) < 4.78 is 2.08. The van der Waals surface area contributed by atoms with Gasteiger partial charge in [0.2, 0.25) is 0 Å². The van der Waals surface area contributed by atoms with Crippen LogP contribution in [-0.2, 0) is 18.4 Å². The van der Waals surface area contributed by atoms with E-state index in [0.717, 1.165) is 45.0 Å². The molecule has 0 saturated carbocycles. The Hall–Kier alpha value is -2.79. The quantitative estimate of drug-likeness (QED) is 0.602. The summed E-state index contributed by atoms with van der Waals surface area (Å²) in [5.41, 5.74) is 4.15. The summed E-state index contributed by atoms with van der Waals surface area (Å²) in [6, 6.07) is 16.0. The zero-order chi connectivity index (χ0) is 19.1. The van der Waals surface area contributed by atoms with Gasteiger partial charge >= 0.3 is 0 Å². The van der Waals surface area contributed by atoms with E-state index in [1.54, 1.807) is 0 Å². The predicted octanol–water partition coefficient (Wildman–Crippen LogP) is 5.03. The molecule has 0 N–H and O–H groups in total. The first-order chi connectivity index (χ1) is 13.0. The van der Waals surface area contributed by atoms with Gasteiger partial charge in [0.1, 0.15) is 0 Å². The van der Waals surface area contributed by atoms with Crippen molar-refractivity contribution < 1.29 is 9.59 Å². The number of hydrogen-bond acceptors (Lipinski definition) is 3. The van der Waals surface area contributed by atoms with Crippen LogP contribution in [0.3, 0.4) is 0 Å². The van der Waals surface area contributed by atoms with Crippen LogP contribution in [-0.4, -0.2) is 20.6 Å². The summed E-state index contributed by atoms with van der Waals surface area (Å²) in [6.45, 7) is 4.33. The highest BCUT2D eigenvalue weighted by Crippen LogP contribution is 2.35. The highest BCUT2D eigenvalue weighted by Gasteiger charge is 2.35. The van der Waals surface area contributed by atoms with E-state index in [1.807, 2.05) is 75.5 Å². The molecular weight excluding hydrogens is 356 g/mol. The minimum atomic E-state index is -0.223. The number of aromatic nitrogens is 1. The van der Waals surface area contributed by atoms with Crippen LogP contribution in [0.2, 0.25) is 0 Å². The van der Waals surface area contributed by atoms with E-state index in [4.69, 9.17) is 0 Å². The smallest absolute Gasteiger partial charge is 0.293 e. The summed E-state index contributed by atoms with van der Waals surface area (Å²) in [6.07, 6.45) is 1.83. The van der Waals surface area contributed by atoms with Crippen LogP contribution in [0.25, 0.3) is 16.8 Å². The van der Waals surface area contributed by atoms with Crippen molar-refractivity contribution in [3.63, 3.8) is 0 Å².